The molecule has 0 radical (unpaired) electrons. The Balaban J connectivity index is 1.66. The third-order valence-electron chi connectivity index (χ3n) is 4.89. The van der Waals surface area contributed by atoms with Crippen molar-refractivity contribution in [3.05, 3.63) is 35.3 Å². The fourth-order valence-electron chi connectivity index (χ4n) is 3.51. The third kappa shape index (κ3) is 3.55. The second-order valence-corrected chi connectivity index (χ2v) is 6.56. The zero-order valence-corrected chi connectivity index (χ0v) is 13.4. The molecule has 1 saturated carbocycles. The van der Waals surface area contributed by atoms with E-state index < -0.39 is 0 Å². The molecule has 0 aliphatic heterocycles. The van der Waals surface area contributed by atoms with Crippen molar-refractivity contribution in [2.75, 3.05) is 6.61 Å². The van der Waals surface area contributed by atoms with Gasteiger partial charge in [0.25, 0.3) is 0 Å². The molecule has 124 valence electrons. The molecule has 3 N–H and O–H groups in total. The van der Waals surface area contributed by atoms with E-state index in [4.69, 9.17) is 5.11 Å². The number of nitrogens with one attached hydrogen (secondary N) is 2. The lowest BCUT2D eigenvalue weighted by Gasteiger charge is -2.28. The lowest BCUT2D eigenvalue weighted by molar-refractivity contribution is -0.121. The monoisotopic (exact) mass is 318 g/mol. The summed E-state index contributed by atoms with van der Waals surface area (Å²) in [6.07, 6.45) is 4.00. The standard InChI is InChI=1S/C18H23FN2O2/c1-11-15(16-8-13(19)4-7-17(16)20-11)9-18(23)21-14-5-2-12(10-22)3-6-14/h4,7-8,12,14,20,22H,2-3,5-6,9-10H2,1H3,(H,21,23). The Bertz CT molecular complexity index is 702. The molecular weight excluding hydrogens is 295 g/mol. The molecule has 1 aromatic heterocycles. The molecule has 3 rings (SSSR count). The van der Waals surface area contributed by atoms with E-state index in [-0.39, 0.29) is 30.8 Å². The van der Waals surface area contributed by atoms with Crippen LogP contribution in [0.1, 0.15) is 36.9 Å². The maximum atomic E-state index is 13.5. The third-order valence-corrected chi connectivity index (χ3v) is 4.89. The first-order chi connectivity index (χ1) is 11.1. The number of fused-ring (bicyclic) bond motifs is 1. The van der Waals surface area contributed by atoms with Gasteiger partial charge in [0.1, 0.15) is 5.82 Å². The molecule has 0 unspecified atom stereocenters. The van der Waals surface area contributed by atoms with Crippen molar-refractivity contribution in [3.63, 3.8) is 0 Å². The van der Waals surface area contributed by atoms with Crippen LogP contribution >= 0.6 is 0 Å². The van der Waals surface area contributed by atoms with Crippen molar-refractivity contribution in [1.29, 1.82) is 0 Å². The largest absolute Gasteiger partial charge is 0.396 e. The lowest BCUT2D eigenvalue weighted by atomic mass is 9.86. The van der Waals surface area contributed by atoms with Crippen molar-refractivity contribution in [3.8, 4) is 0 Å². The molecule has 1 aliphatic carbocycles. The van der Waals surface area contributed by atoms with Gasteiger partial charge in [-0.15, -0.1) is 0 Å². The van der Waals surface area contributed by atoms with Crippen molar-refractivity contribution in [2.24, 2.45) is 5.92 Å². The molecule has 0 bridgehead atoms. The molecule has 23 heavy (non-hydrogen) atoms. The second kappa shape index (κ2) is 6.71. The van der Waals surface area contributed by atoms with Gasteiger partial charge in [0.15, 0.2) is 0 Å². The number of aromatic nitrogens is 1. The summed E-state index contributed by atoms with van der Waals surface area (Å²) in [7, 11) is 0. The first-order valence-corrected chi connectivity index (χ1v) is 8.23. The molecule has 1 aliphatic rings. The van der Waals surface area contributed by atoms with Crippen LogP contribution in [0.5, 0.6) is 0 Å². The molecule has 1 amide bonds. The summed E-state index contributed by atoms with van der Waals surface area (Å²) in [5.41, 5.74) is 2.63. The molecule has 1 fully saturated rings. The zero-order chi connectivity index (χ0) is 16.4. The number of H-pyrrole nitrogens is 1. The van der Waals surface area contributed by atoms with Crippen molar-refractivity contribution in [1.82, 2.24) is 10.3 Å². The number of hydrogen-bond acceptors (Lipinski definition) is 2. The summed E-state index contributed by atoms with van der Waals surface area (Å²) in [4.78, 5) is 15.5. The molecule has 0 saturated heterocycles. The minimum absolute atomic E-state index is 0.0225. The number of halogens is 1. The molecule has 1 aromatic carbocycles. The number of benzene rings is 1. The second-order valence-electron chi connectivity index (χ2n) is 6.56. The minimum atomic E-state index is -0.291. The number of aryl methyl sites for hydroxylation is 1. The molecule has 5 heteroatoms. The maximum Gasteiger partial charge on any atom is 0.224 e. The van der Waals surface area contributed by atoms with Gasteiger partial charge < -0.3 is 15.4 Å². The lowest BCUT2D eigenvalue weighted by Crippen LogP contribution is -2.38. The van der Waals surface area contributed by atoms with Crippen LogP contribution in [0, 0.1) is 18.7 Å². The predicted octanol–water partition coefficient (Wildman–Crippen LogP) is 2.83. The highest BCUT2D eigenvalue weighted by Crippen LogP contribution is 2.25. The van der Waals surface area contributed by atoms with Crippen molar-refractivity contribution < 1.29 is 14.3 Å². The van der Waals surface area contributed by atoms with E-state index in [1.807, 2.05) is 6.92 Å². The Morgan fingerprint density at radius 3 is 2.78 bits per heavy atom. The Kier molecular flexibility index (Phi) is 4.66. The maximum absolute atomic E-state index is 13.5. The SMILES string of the molecule is Cc1[nH]c2ccc(F)cc2c1CC(=O)NC1CCC(CO)CC1. The highest BCUT2D eigenvalue weighted by molar-refractivity contribution is 5.90. The summed E-state index contributed by atoms with van der Waals surface area (Å²) in [5.74, 6) is 0.0631. The summed E-state index contributed by atoms with van der Waals surface area (Å²) in [6, 6.07) is 4.79. The Hall–Kier alpha value is -1.88. The van der Waals surface area contributed by atoms with E-state index in [9.17, 15) is 9.18 Å². The number of carbonyl (C=O) groups is 1. The molecule has 0 spiro atoms. The molecule has 4 nitrogen and oxygen atoms in total. The van der Waals surface area contributed by atoms with Crippen molar-refractivity contribution in [2.45, 2.75) is 45.1 Å². The van der Waals surface area contributed by atoms with Gasteiger partial charge in [-0.2, -0.15) is 0 Å². The first kappa shape index (κ1) is 16.0. The predicted molar refractivity (Wildman–Crippen MR) is 87.7 cm³/mol. The summed E-state index contributed by atoms with van der Waals surface area (Å²) >= 11 is 0. The molecule has 1 heterocycles. The highest BCUT2D eigenvalue weighted by Gasteiger charge is 2.22. The van der Waals surface area contributed by atoms with E-state index in [1.54, 1.807) is 6.07 Å². The van der Waals surface area contributed by atoms with Gasteiger partial charge in [0, 0.05) is 29.2 Å². The van der Waals surface area contributed by atoms with Crippen LogP contribution in [0.2, 0.25) is 0 Å². The van der Waals surface area contributed by atoms with E-state index in [2.05, 4.69) is 10.3 Å². The average Bonchev–Trinajstić information content (AvgIpc) is 2.84. The van der Waals surface area contributed by atoms with Gasteiger partial charge in [0.05, 0.1) is 6.42 Å². The van der Waals surface area contributed by atoms with Crippen LogP contribution in [0.25, 0.3) is 10.9 Å². The van der Waals surface area contributed by atoms with Gasteiger partial charge in [0.2, 0.25) is 5.91 Å². The smallest absolute Gasteiger partial charge is 0.224 e. The van der Waals surface area contributed by atoms with Crippen LogP contribution in [0.3, 0.4) is 0 Å². The number of carbonyl (C=O) groups excluding carboxylic acids is 1. The Labute approximate surface area is 135 Å². The summed E-state index contributed by atoms with van der Waals surface area (Å²) < 4.78 is 13.5. The van der Waals surface area contributed by atoms with Crippen LogP contribution in [-0.2, 0) is 11.2 Å². The Morgan fingerprint density at radius 2 is 2.09 bits per heavy atom. The topological polar surface area (TPSA) is 65.1 Å². The number of hydrogen-bond donors (Lipinski definition) is 3. The van der Waals surface area contributed by atoms with Gasteiger partial charge in [-0.1, -0.05) is 0 Å². The number of aromatic amines is 1. The quantitative estimate of drug-likeness (QED) is 0.811. The fourth-order valence-corrected chi connectivity index (χ4v) is 3.51. The number of aliphatic hydroxyl groups is 1. The van der Waals surface area contributed by atoms with E-state index in [0.717, 1.165) is 47.8 Å². The average molecular weight is 318 g/mol. The van der Waals surface area contributed by atoms with Gasteiger partial charge in [-0.25, -0.2) is 4.39 Å². The van der Waals surface area contributed by atoms with Gasteiger partial charge in [-0.3, -0.25) is 4.79 Å². The van der Waals surface area contributed by atoms with Gasteiger partial charge in [-0.05, 0) is 62.3 Å². The Morgan fingerprint density at radius 1 is 1.35 bits per heavy atom. The normalized spacial score (nSPS) is 21.5. The zero-order valence-electron chi connectivity index (χ0n) is 13.4. The summed E-state index contributed by atoms with van der Waals surface area (Å²) in [5, 5.41) is 13.0. The van der Waals surface area contributed by atoms with Crippen molar-refractivity contribution >= 4 is 16.8 Å². The number of amides is 1. The van der Waals surface area contributed by atoms with Crippen LogP contribution in [0.15, 0.2) is 18.2 Å². The van der Waals surface area contributed by atoms with Crippen LogP contribution in [0.4, 0.5) is 4.39 Å². The number of aliphatic hydroxyl groups excluding tert-OH is 1. The van der Waals surface area contributed by atoms with Gasteiger partial charge >= 0.3 is 0 Å². The van der Waals surface area contributed by atoms with Crippen LogP contribution < -0.4 is 5.32 Å². The molecular formula is C18H23FN2O2. The highest BCUT2D eigenvalue weighted by atomic mass is 19.1. The van der Waals surface area contributed by atoms with E-state index >= 15 is 0 Å². The molecule has 2 aromatic rings. The fraction of sp³-hybridized carbons (Fsp3) is 0.500. The summed E-state index contributed by atoms with van der Waals surface area (Å²) in [6.45, 7) is 2.15. The number of rotatable bonds is 4. The van der Waals surface area contributed by atoms with Crippen LogP contribution in [-0.4, -0.2) is 28.6 Å². The minimum Gasteiger partial charge on any atom is -0.396 e. The van der Waals surface area contributed by atoms with E-state index in [0.29, 0.717) is 5.92 Å². The first-order valence-electron chi connectivity index (χ1n) is 8.23. The molecule has 0 atom stereocenters. The van der Waals surface area contributed by atoms with E-state index in [1.165, 1.54) is 12.1 Å².